The Bertz CT molecular complexity index is 479. The Morgan fingerprint density at radius 1 is 1.10 bits per heavy atom. The quantitative estimate of drug-likeness (QED) is 0.863. The second kappa shape index (κ2) is 6.44. The van der Waals surface area contributed by atoms with Crippen molar-refractivity contribution in [3.05, 3.63) is 23.8 Å². The van der Waals surface area contributed by atoms with Crippen LogP contribution < -0.4 is 15.2 Å². The molecular weight excluding hydrogens is 270 g/mol. The van der Waals surface area contributed by atoms with Crippen LogP contribution in [-0.4, -0.2) is 18.2 Å². The highest BCUT2D eigenvalue weighted by Crippen LogP contribution is 2.32. The normalized spacial score (nSPS) is 26.1. The zero-order valence-electron chi connectivity index (χ0n) is 12.4. The van der Waals surface area contributed by atoms with E-state index >= 15 is 0 Å². The van der Waals surface area contributed by atoms with Crippen molar-refractivity contribution in [2.45, 2.75) is 39.2 Å². The predicted molar refractivity (Wildman–Crippen MR) is 85.5 cm³/mol. The molecule has 1 aliphatic rings. The van der Waals surface area contributed by atoms with Crippen LogP contribution in [0.3, 0.4) is 0 Å². The molecule has 0 heterocycles. The first-order chi connectivity index (χ1) is 9.47. The van der Waals surface area contributed by atoms with Crippen molar-refractivity contribution in [3.8, 4) is 11.5 Å². The lowest BCUT2D eigenvalue weighted by atomic mass is 9.82. The second-order valence-corrected chi connectivity index (χ2v) is 6.36. The summed E-state index contributed by atoms with van der Waals surface area (Å²) in [5.41, 5.74) is 6.49. The third kappa shape index (κ3) is 3.85. The van der Waals surface area contributed by atoms with E-state index in [2.05, 4.69) is 13.8 Å². The molecule has 0 radical (unpaired) electrons. The summed E-state index contributed by atoms with van der Waals surface area (Å²) in [4.78, 5) is 0.360. The van der Waals surface area contributed by atoms with E-state index in [-0.39, 0.29) is 6.10 Å². The fraction of sp³-hybridized carbons (Fsp3) is 0.562. The summed E-state index contributed by atoms with van der Waals surface area (Å²) in [6, 6.07) is 5.63. The molecule has 3 nitrogen and oxygen atoms in total. The van der Waals surface area contributed by atoms with Gasteiger partial charge in [-0.15, -0.1) is 0 Å². The number of ether oxygens (including phenoxy) is 2. The fourth-order valence-corrected chi connectivity index (χ4v) is 3.18. The van der Waals surface area contributed by atoms with E-state index in [1.807, 2.05) is 18.2 Å². The van der Waals surface area contributed by atoms with Gasteiger partial charge in [-0.1, -0.05) is 26.1 Å². The average Bonchev–Trinajstić information content (AvgIpc) is 2.36. The van der Waals surface area contributed by atoms with E-state index < -0.39 is 0 Å². The van der Waals surface area contributed by atoms with Gasteiger partial charge < -0.3 is 15.2 Å². The predicted octanol–water partition coefficient (Wildman–Crippen LogP) is 3.53. The third-order valence-electron chi connectivity index (χ3n) is 3.84. The van der Waals surface area contributed by atoms with E-state index in [9.17, 15) is 0 Å². The summed E-state index contributed by atoms with van der Waals surface area (Å²) in [5.74, 6) is 2.94. The van der Waals surface area contributed by atoms with Crippen molar-refractivity contribution in [2.75, 3.05) is 7.11 Å². The number of thiocarbonyl (C=S) groups is 1. The largest absolute Gasteiger partial charge is 0.497 e. The van der Waals surface area contributed by atoms with Crippen LogP contribution >= 0.6 is 12.2 Å². The van der Waals surface area contributed by atoms with Crippen LogP contribution in [0.2, 0.25) is 0 Å². The number of methoxy groups -OCH3 is 1. The van der Waals surface area contributed by atoms with Gasteiger partial charge in [-0.3, -0.25) is 0 Å². The monoisotopic (exact) mass is 293 g/mol. The molecule has 1 aromatic carbocycles. The summed E-state index contributed by atoms with van der Waals surface area (Å²) < 4.78 is 11.4. The average molecular weight is 293 g/mol. The molecular formula is C16H23NO2S. The molecule has 1 saturated carbocycles. The van der Waals surface area contributed by atoms with Crippen LogP contribution in [0.5, 0.6) is 11.5 Å². The van der Waals surface area contributed by atoms with Gasteiger partial charge in [-0.05, 0) is 43.2 Å². The van der Waals surface area contributed by atoms with Crippen molar-refractivity contribution in [1.82, 2.24) is 0 Å². The van der Waals surface area contributed by atoms with Gasteiger partial charge in [-0.25, -0.2) is 0 Å². The molecule has 110 valence electrons. The molecule has 20 heavy (non-hydrogen) atoms. The number of benzene rings is 1. The Balaban J connectivity index is 2.15. The molecule has 0 amide bonds. The Labute approximate surface area is 126 Å². The molecule has 1 aromatic rings. The van der Waals surface area contributed by atoms with Crippen molar-refractivity contribution in [3.63, 3.8) is 0 Å². The standard InChI is InChI=1S/C16H23NO2S/c1-10-4-11(2)6-14(5-10)19-15-8-12(16(17)20)7-13(9-15)18-3/h7-11,14H,4-6H2,1-3H3,(H2,17,20). The van der Waals surface area contributed by atoms with E-state index in [1.54, 1.807) is 7.11 Å². The first-order valence-corrected chi connectivity index (χ1v) is 7.54. The summed E-state index contributed by atoms with van der Waals surface area (Å²) in [6.07, 6.45) is 3.75. The highest BCUT2D eigenvalue weighted by Gasteiger charge is 2.25. The third-order valence-corrected chi connectivity index (χ3v) is 4.07. The van der Waals surface area contributed by atoms with Gasteiger partial charge in [0.25, 0.3) is 0 Å². The molecule has 2 atom stereocenters. The number of hydrogen-bond acceptors (Lipinski definition) is 3. The lowest BCUT2D eigenvalue weighted by Gasteiger charge is -2.31. The van der Waals surface area contributed by atoms with E-state index in [0.717, 1.165) is 29.9 Å². The maximum atomic E-state index is 6.13. The van der Waals surface area contributed by atoms with Gasteiger partial charge >= 0.3 is 0 Å². The number of hydrogen-bond donors (Lipinski definition) is 1. The minimum atomic E-state index is 0.264. The van der Waals surface area contributed by atoms with Crippen molar-refractivity contribution < 1.29 is 9.47 Å². The number of rotatable bonds is 4. The van der Waals surface area contributed by atoms with Crippen LogP contribution in [0.15, 0.2) is 18.2 Å². The van der Waals surface area contributed by atoms with Crippen LogP contribution in [0, 0.1) is 11.8 Å². The molecule has 0 aromatic heterocycles. The van der Waals surface area contributed by atoms with Gasteiger partial charge in [0.1, 0.15) is 16.5 Å². The lowest BCUT2D eigenvalue weighted by molar-refractivity contribution is 0.101. The van der Waals surface area contributed by atoms with Gasteiger partial charge in [0.05, 0.1) is 13.2 Å². The molecule has 1 aliphatic carbocycles. The summed E-state index contributed by atoms with van der Waals surface area (Å²) >= 11 is 5.04. The maximum absolute atomic E-state index is 6.13. The number of nitrogens with two attached hydrogens (primary N) is 1. The van der Waals surface area contributed by atoms with Crippen molar-refractivity contribution >= 4 is 17.2 Å². The molecule has 0 aliphatic heterocycles. The molecule has 2 unspecified atom stereocenters. The van der Waals surface area contributed by atoms with E-state index in [0.29, 0.717) is 16.8 Å². The molecule has 1 fully saturated rings. The Kier molecular flexibility index (Phi) is 4.86. The zero-order valence-corrected chi connectivity index (χ0v) is 13.2. The minimum Gasteiger partial charge on any atom is -0.497 e. The fourth-order valence-electron chi connectivity index (χ4n) is 3.06. The first-order valence-electron chi connectivity index (χ1n) is 7.13. The molecule has 0 bridgehead atoms. The van der Waals surface area contributed by atoms with E-state index in [1.165, 1.54) is 6.42 Å². The molecule has 0 spiro atoms. The first kappa shape index (κ1) is 15.1. The van der Waals surface area contributed by atoms with Crippen molar-refractivity contribution in [1.29, 1.82) is 0 Å². The Morgan fingerprint density at radius 3 is 2.25 bits per heavy atom. The molecule has 2 rings (SSSR count). The molecule has 0 saturated heterocycles. The smallest absolute Gasteiger partial charge is 0.124 e. The van der Waals surface area contributed by atoms with Crippen LogP contribution in [0.4, 0.5) is 0 Å². The lowest BCUT2D eigenvalue weighted by Crippen LogP contribution is -2.28. The summed E-state index contributed by atoms with van der Waals surface area (Å²) in [7, 11) is 1.63. The van der Waals surface area contributed by atoms with Gasteiger partial charge in [0.2, 0.25) is 0 Å². The van der Waals surface area contributed by atoms with E-state index in [4.69, 9.17) is 27.4 Å². The van der Waals surface area contributed by atoms with Gasteiger partial charge in [0, 0.05) is 11.6 Å². The minimum absolute atomic E-state index is 0.264. The Hall–Kier alpha value is -1.29. The summed E-state index contributed by atoms with van der Waals surface area (Å²) in [5, 5.41) is 0. The van der Waals surface area contributed by atoms with Gasteiger partial charge in [-0.2, -0.15) is 0 Å². The maximum Gasteiger partial charge on any atom is 0.124 e. The van der Waals surface area contributed by atoms with Crippen LogP contribution in [0.25, 0.3) is 0 Å². The Morgan fingerprint density at radius 2 is 1.70 bits per heavy atom. The topological polar surface area (TPSA) is 44.5 Å². The SMILES string of the molecule is COc1cc(OC2CC(C)CC(C)C2)cc(C(N)=S)c1. The molecule has 4 heteroatoms. The summed E-state index contributed by atoms with van der Waals surface area (Å²) in [6.45, 7) is 4.58. The highest BCUT2D eigenvalue weighted by atomic mass is 32.1. The zero-order chi connectivity index (χ0) is 14.7. The van der Waals surface area contributed by atoms with Crippen LogP contribution in [-0.2, 0) is 0 Å². The van der Waals surface area contributed by atoms with Crippen molar-refractivity contribution in [2.24, 2.45) is 17.6 Å². The van der Waals surface area contributed by atoms with Gasteiger partial charge in [0.15, 0.2) is 0 Å². The highest BCUT2D eigenvalue weighted by molar-refractivity contribution is 7.80. The second-order valence-electron chi connectivity index (χ2n) is 5.92. The van der Waals surface area contributed by atoms with Crippen LogP contribution in [0.1, 0.15) is 38.7 Å². The molecule has 2 N–H and O–H groups in total.